The molecular weight excluding hydrogens is 433 g/mol. The quantitative estimate of drug-likeness (QED) is 0.304. The van der Waals surface area contributed by atoms with E-state index in [1.165, 1.54) is 17.8 Å². The van der Waals surface area contributed by atoms with Crippen LogP contribution in [-0.2, 0) is 12.3 Å². The van der Waals surface area contributed by atoms with E-state index >= 15 is 0 Å². The average molecular weight is 450 g/mol. The van der Waals surface area contributed by atoms with E-state index in [-0.39, 0.29) is 5.82 Å². The SMILES string of the molecule is Fc1ccccc1-c1nnc(SCc2nc(-c3ccsc3)no2)n1Cc1ccccc1. The number of aromatic nitrogens is 5. The number of rotatable bonds is 7. The Hall–Kier alpha value is -3.30. The molecule has 0 unspecified atom stereocenters. The van der Waals surface area contributed by atoms with Gasteiger partial charge in [0.1, 0.15) is 5.82 Å². The molecule has 31 heavy (non-hydrogen) atoms. The molecule has 9 heteroatoms. The first-order valence-electron chi connectivity index (χ1n) is 9.48. The van der Waals surface area contributed by atoms with Gasteiger partial charge in [-0.15, -0.1) is 10.2 Å². The zero-order chi connectivity index (χ0) is 21.0. The van der Waals surface area contributed by atoms with Gasteiger partial charge in [0, 0.05) is 10.9 Å². The third kappa shape index (κ3) is 4.28. The molecule has 0 saturated carbocycles. The summed E-state index contributed by atoms with van der Waals surface area (Å²) in [7, 11) is 0. The maximum absolute atomic E-state index is 14.5. The number of hydrogen-bond acceptors (Lipinski definition) is 7. The van der Waals surface area contributed by atoms with Crippen molar-refractivity contribution >= 4 is 23.1 Å². The molecule has 3 heterocycles. The predicted molar refractivity (Wildman–Crippen MR) is 118 cm³/mol. The fourth-order valence-electron chi connectivity index (χ4n) is 3.09. The molecule has 0 amide bonds. The fourth-order valence-corrected chi connectivity index (χ4v) is 4.50. The Labute approximate surface area is 185 Å². The molecule has 0 radical (unpaired) electrons. The van der Waals surface area contributed by atoms with Crippen LogP contribution in [-0.4, -0.2) is 24.9 Å². The largest absolute Gasteiger partial charge is 0.338 e. The van der Waals surface area contributed by atoms with Crippen molar-refractivity contribution in [3.05, 3.63) is 88.7 Å². The van der Waals surface area contributed by atoms with Crippen molar-refractivity contribution in [1.82, 2.24) is 24.9 Å². The van der Waals surface area contributed by atoms with E-state index in [9.17, 15) is 4.39 Å². The van der Waals surface area contributed by atoms with Crippen molar-refractivity contribution in [2.45, 2.75) is 17.5 Å². The van der Waals surface area contributed by atoms with Gasteiger partial charge in [0.05, 0.1) is 17.9 Å². The van der Waals surface area contributed by atoms with E-state index in [1.54, 1.807) is 29.5 Å². The van der Waals surface area contributed by atoms with Gasteiger partial charge in [-0.1, -0.05) is 59.4 Å². The summed E-state index contributed by atoms with van der Waals surface area (Å²) in [5.41, 5.74) is 2.41. The molecular formula is C22H16FN5OS2. The number of thioether (sulfide) groups is 1. The van der Waals surface area contributed by atoms with Crippen LogP contribution in [0.5, 0.6) is 0 Å². The molecule has 0 spiro atoms. The van der Waals surface area contributed by atoms with Crippen LogP contribution in [0.4, 0.5) is 4.39 Å². The van der Waals surface area contributed by atoms with Gasteiger partial charge in [0.2, 0.25) is 11.7 Å². The van der Waals surface area contributed by atoms with Gasteiger partial charge >= 0.3 is 0 Å². The summed E-state index contributed by atoms with van der Waals surface area (Å²) in [5.74, 6) is 1.64. The Kier molecular flexibility index (Phi) is 5.59. The van der Waals surface area contributed by atoms with Crippen LogP contribution < -0.4 is 0 Å². The third-order valence-electron chi connectivity index (χ3n) is 4.59. The van der Waals surface area contributed by atoms with Crippen molar-refractivity contribution in [2.75, 3.05) is 0 Å². The highest BCUT2D eigenvalue weighted by Crippen LogP contribution is 2.29. The van der Waals surface area contributed by atoms with E-state index < -0.39 is 0 Å². The van der Waals surface area contributed by atoms with Gasteiger partial charge in [-0.05, 0) is 29.1 Å². The predicted octanol–water partition coefficient (Wildman–Crippen LogP) is 5.54. The monoisotopic (exact) mass is 449 g/mol. The Balaban J connectivity index is 1.43. The van der Waals surface area contributed by atoms with Crippen LogP contribution in [0.25, 0.3) is 22.8 Å². The zero-order valence-corrected chi connectivity index (χ0v) is 17.8. The highest BCUT2D eigenvalue weighted by Gasteiger charge is 2.19. The van der Waals surface area contributed by atoms with E-state index in [4.69, 9.17) is 4.52 Å². The molecule has 0 aliphatic carbocycles. The van der Waals surface area contributed by atoms with Crippen LogP contribution in [0.15, 0.2) is 81.1 Å². The van der Waals surface area contributed by atoms with E-state index in [0.29, 0.717) is 40.6 Å². The van der Waals surface area contributed by atoms with Crippen LogP contribution >= 0.6 is 23.1 Å². The zero-order valence-electron chi connectivity index (χ0n) is 16.2. The van der Waals surface area contributed by atoms with Crippen LogP contribution in [0.1, 0.15) is 11.5 Å². The van der Waals surface area contributed by atoms with Gasteiger partial charge in [0.15, 0.2) is 11.0 Å². The smallest absolute Gasteiger partial charge is 0.237 e. The van der Waals surface area contributed by atoms with Gasteiger partial charge in [-0.3, -0.25) is 4.57 Å². The number of thiophene rings is 1. The van der Waals surface area contributed by atoms with Crippen molar-refractivity contribution in [2.24, 2.45) is 0 Å². The van der Waals surface area contributed by atoms with E-state index in [0.717, 1.165) is 11.1 Å². The second kappa shape index (κ2) is 8.83. The summed E-state index contributed by atoms with van der Waals surface area (Å²) >= 11 is 3.00. The second-order valence-electron chi connectivity index (χ2n) is 6.67. The summed E-state index contributed by atoms with van der Waals surface area (Å²) in [6.45, 7) is 0.518. The summed E-state index contributed by atoms with van der Waals surface area (Å²) in [6.07, 6.45) is 0. The topological polar surface area (TPSA) is 69.6 Å². The van der Waals surface area contributed by atoms with Crippen LogP contribution in [0.2, 0.25) is 0 Å². The molecule has 0 aliphatic heterocycles. The molecule has 0 saturated heterocycles. The average Bonchev–Trinajstić information content (AvgIpc) is 3.55. The third-order valence-corrected chi connectivity index (χ3v) is 6.22. The first-order valence-corrected chi connectivity index (χ1v) is 11.4. The normalized spacial score (nSPS) is 11.1. The molecule has 0 aliphatic rings. The summed E-state index contributed by atoms with van der Waals surface area (Å²) in [6, 6.07) is 18.5. The van der Waals surface area contributed by atoms with Gasteiger partial charge in [-0.2, -0.15) is 16.3 Å². The Morgan fingerprint density at radius 1 is 1.00 bits per heavy atom. The maximum Gasteiger partial charge on any atom is 0.237 e. The van der Waals surface area contributed by atoms with Crippen LogP contribution in [0, 0.1) is 5.82 Å². The lowest BCUT2D eigenvalue weighted by atomic mass is 10.2. The molecule has 0 N–H and O–H groups in total. The van der Waals surface area contributed by atoms with Crippen molar-refractivity contribution < 1.29 is 8.91 Å². The molecule has 0 atom stereocenters. The number of halogens is 1. The molecule has 5 aromatic rings. The Morgan fingerprint density at radius 3 is 2.65 bits per heavy atom. The fraction of sp³-hybridized carbons (Fsp3) is 0.0909. The molecule has 6 nitrogen and oxygen atoms in total. The van der Waals surface area contributed by atoms with Crippen molar-refractivity contribution in [3.63, 3.8) is 0 Å². The summed E-state index contributed by atoms with van der Waals surface area (Å²) in [5, 5.41) is 17.2. The molecule has 3 aromatic heterocycles. The van der Waals surface area contributed by atoms with Crippen molar-refractivity contribution in [1.29, 1.82) is 0 Å². The van der Waals surface area contributed by atoms with E-state index in [2.05, 4.69) is 20.3 Å². The second-order valence-corrected chi connectivity index (χ2v) is 8.39. The molecule has 0 bridgehead atoms. The van der Waals surface area contributed by atoms with Gasteiger partial charge in [0.25, 0.3) is 0 Å². The minimum Gasteiger partial charge on any atom is -0.338 e. The minimum absolute atomic E-state index is 0.335. The lowest BCUT2D eigenvalue weighted by Crippen LogP contribution is -2.05. The van der Waals surface area contributed by atoms with Crippen LogP contribution in [0.3, 0.4) is 0 Å². The Morgan fingerprint density at radius 2 is 1.84 bits per heavy atom. The Bertz CT molecular complexity index is 1280. The number of benzene rings is 2. The first kappa shape index (κ1) is 19.7. The molecule has 0 fully saturated rings. The lowest BCUT2D eigenvalue weighted by molar-refractivity contribution is 0.391. The standard InChI is InChI=1S/C22H16FN5OS2/c23-18-9-5-4-8-17(18)21-25-26-22(28(21)12-15-6-2-1-3-7-15)31-14-19-24-20(27-29-19)16-10-11-30-13-16/h1-11,13H,12,14H2. The molecule has 2 aromatic carbocycles. The highest BCUT2D eigenvalue weighted by atomic mass is 32.2. The highest BCUT2D eigenvalue weighted by molar-refractivity contribution is 7.98. The molecule has 5 rings (SSSR count). The molecule has 154 valence electrons. The number of nitrogens with zero attached hydrogens (tertiary/aromatic N) is 5. The lowest BCUT2D eigenvalue weighted by Gasteiger charge is -2.10. The first-order chi connectivity index (χ1) is 15.3. The van der Waals surface area contributed by atoms with Crippen molar-refractivity contribution in [3.8, 4) is 22.8 Å². The van der Waals surface area contributed by atoms with E-state index in [1.807, 2.05) is 51.7 Å². The summed E-state index contributed by atoms with van der Waals surface area (Å²) in [4.78, 5) is 4.45. The van der Waals surface area contributed by atoms with Gasteiger partial charge < -0.3 is 4.52 Å². The maximum atomic E-state index is 14.5. The minimum atomic E-state index is -0.335. The van der Waals surface area contributed by atoms with Gasteiger partial charge in [-0.25, -0.2) is 4.39 Å². The number of hydrogen-bond donors (Lipinski definition) is 0. The summed E-state index contributed by atoms with van der Waals surface area (Å²) < 4.78 is 21.8.